The molecule has 24 heavy (non-hydrogen) atoms. The van der Waals surface area contributed by atoms with Gasteiger partial charge in [-0.15, -0.1) is 0 Å². The molecular formula is C15H28O6P2S. The normalized spacial score (nSPS) is 18.0. The highest BCUT2D eigenvalue weighted by atomic mass is 32.7. The maximum absolute atomic E-state index is 11.3. The summed E-state index contributed by atoms with van der Waals surface area (Å²) in [6.45, 7) is 3.60. The largest absolute Gasteiger partial charge is 0.480 e. The first-order valence-corrected chi connectivity index (χ1v) is 11.8. The van der Waals surface area contributed by atoms with Crippen molar-refractivity contribution >= 4 is 26.9 Å². The molecule has 0 heterocycles. The minimum absolute atomic E-state index is 0.184. The summed E-state index contributed by atoms with van der Waals surface area (Å²) in [6.07, 6.45) is 9.78. The van der Waals surface area contributed by atoms with E-state index in [0.717, 1.165) is 31.3 Å². The molecule has 0 fully saturated rings. The zero-order valence-corrected chi connectivity index (χ0v) is 17.3. The summed E-state index contributed by atoms with van der Waals surface area (Å²) in [5.74, 6) is 0. The van der Waals surface area contributed by atoms with E-state index in [9.17, 15) is 14.0 Å². The van der Waals surface area contributed by atoms with E-state index in [1.807, 2.05) is 6.92 Å². The molecule has 0 saturated heterocycles. The van der Waals surface area contributed by atoms with Crippen LogP contribution in [0, 0.1) is 0 Å². The van der Waals surface area contributed by atoms with Crippen molar-refractivity contribution in [3.63, 3.8) is 0 Å². The number of hydrogen-bond acceptors (Lipinski definition) is 4. The van der Waals surface area contributed by atoms with E-state index in [4.69, 9.17) is 4.89 Å². The highest BCUT2D eigenvalue weighted by molar-refractivity contribution is 8.44. The van der Waals surface area contributed by atoms with Crippen molar-refractivity contribution in [2.24, 2.45) is 0 Å². The van der Waals surface area contributed by atoms with Gasteiger partial charge < -0.3 is 9.79 Å². The zero-order chi connectivity index (χ0) is 18.8. The molecule has 0 spiro atoms. The van der Waals surface area contributed by atoms with Gasteiger partial charge in [-0.2, -0.15) is 4.31 Å². The lowest BCUT2D eigenvalue weighted by Crippen LogP contribution is -1.93. The molecule has 0 rings (SSSR count). The molecule has 6 nitrogen and oxygen atoms in total. The van der Waals surface area contributed by atoms with Crippen LogP contribution in [0.4, 0.5) is 0 Å². The summed E-state index contributed by atoms with van der Waals surface area (Å²) in [5.41, 5.74) is 3.64. The van der Waals surface area contributed by atoms with E-state index in [-0.39, 0.29) is 6.61 Å². The summed E-state index contributed by atoms with van der Waals surface area (Å²) < 4.78 is 30.7. The van der Waals surface area contributed by atoms with Gasteiger partial charge in [-0.1, -0.05) is 47.2 Å². The minimum atomic E-state index is -4.58. The van der Waals surface area contributed by atoms with Gasteiger partial charge in [0.15, 0.2) is 0 Å². The van der Waals surface area contributed by atoms with Crippen LogP contribution in [0.2, 0.25) is 0 Å². The van der Waals surface area contributed by atoms with Crippen molar-refractivity contribution in [1.29, 1.82) is 0 Å². The van der Waals surface area contributed by atoms with Crippen molar-refractivity contribution in [2.75, 3.05) is 6.61 Å². The second-order valence-corrected chi connectivity index (χ2v) is 10.1. The molecule has 2 unspecified atom stereocenters. The minimum Gasteiger partial charge on any atom is -0.316 e. The van der Waals surface area contributed by atoms with Crippen LogP contribution in [0.15, 0.2) is 34.9 Å². The predicted molar refractivity (Wildman–Crippen MR) is 101 cm³/mol. The molecule has 0 amide bonds. The van der Waals surface area contributed by atoms with Crippen LogP contribution in [0.3, 0.4) is 0 Å². The van der Waals surface area contributed by atoms with Crippen molar-refractivity contribution in [3.8, 4) is 0 Å². The Labute approximate surface area is 150 Å². The van der Waals surface area contributed by atoms with E-state index in [1.165, 1.54) is 11.1 Å². The van der Waals surface area contributed by atoms with Gasteiger partial charge in [-0.25, -0.2) is 9.13 Å². The summed E-state index contributed by atoms with van der Waals surface area (Å²) in [7, 11) is -4.58. The molecular weight excluding hydrogens is 370 g/mol. The van der Waals surface area contributed by atoms with E-state index >= 15 is 0 Å². The Hall–Kier alpha value is -0.130. The fourth-order valence-electron chi connectivity index (χ4n) is 1.77. The van der Waals surface area contributed by atoms with Gasteiger partial charge in [-0.05, 0) is 53.4 Å². The summed E-state index contributed by atoms with van der Waals surface area (Å²) >= 11 is 3.16. The lowest BCUT2D eigenvalue weighted by atomic mass is 10.1. The van der Waals surface area contributed by atoms with Gasteiger partial charge in [0.2, 0.25) is 0 Å². The molecule has 0 aromatic carbocycles. The molecule has 140 valence electrons. The number of phosphoric ester groups is 1. The number of thiol groups is 1. The highest BCUT2D eigenvalue weighted by Gasteiger charge is 2.30. The van der Waals surface area contributed by atoms with Crippen molar-refractivity contribution in [1.82, 2.24) is 0 Å². The molecule has 2 N–H and O–H groups in total. The number of allylic oxidation sites excluding steroid dienone is 5. The maximum atomic E-state index is 11.3. The Kier molecular flexibility index (Phi) is 11.4. The van der Waals surface area contributed by atoms with E-state index < -0.39 is 14.6 Å². The fraction of sp³-hybridized carbons (Fsp3) is 0.600. The van der Waals surface area contributed by atoms with Crippen LogP contribution in [0.1, 0.15) is 53.4 Å². The Morgan fingerprint density at radius 2 is 1.46 bits per heavy atom. The molecule has 0 aliphatic rings. The standard InChI is InChI=1S/C15H28O6P2S/c1-13(2)7-5-8-14(3)9-6-10-15(4)11-12-20-22(16,17)21-23(18,19)24/h7,9,11H,5-6,8,10,12H2,1-4H3,(H,16,17)(H2,18,19,24). The first-order chi connectivity index (χ1) is 10.9. The quantitative estimate of drug-likeness (QED) is 0.239. The van der Waals surface area contributed by atoms with Crippen LogP contribution in [0.25, 0.3) is 0 Å². The molecule has 0 radical (unpaired) electrons. The van der Waals surface area contributed by atoms with Crippen LogP contribution in [0.5, 0.6) is 0 Å². The lowest BCUT2D eigenvalue weighted by molar-refractivity contribution is 0.216. The van der Waals surface area contributed by atoms with Crippen molar-refractivity contribution < 1.29 is 27.8 Å². The van der Waals surface area contributed by atoms with Crippen LogP contribution in [-0.2, 0) is 18.0 Å². The highest BCUT2D eigenvalue weighted by Crippen LogP contribution is 2.62. The Bertz CT molecular complexity index is 573. The van der Waals surface area contributed by atoms with Crippen molar-refractivity contribution in [3.05, 3.63) is 34.9 Å². The number of phosphoric acid groups is 1. The molecule has 0 aromatic rings. The van der Waals surface area contributed by atoms with Crippen LogP contribution >= 0.6 is 26.9 Å². The topological polar surface area (TPSA) is 93.1 Å². The third-order valence-electron chi connectivity index (χ3n) is 3.00. The Morgan fingerprint density at radius 3 is 1.96 bits per heavy atom. The molecule has 9 heteroatoms. The number of hydrogen-bond donors (Lipinski definition) is 3. The van der Waals surface area contributed by atoms with Gasteiger partial charge in [0.1, 0.15) is 0 Å². The average Bonchev–Trinajstić information content (AvgIpc) is 2.34. The third-order valence-corrected chi connectivity index (χ3v) is 5.81. The smallest absolute Gasteiger partial charge is 0.316 e. The van der Waals surface area contributed by atoms with Crippen LogP contribution < -0.4 is 0 Å². The lowest BCUT2D eigenvalue weighted by Gasteiger charge is -2.11. The van der Waals surface area contributed by atoms with E-state index in [1.54, 1.807) is 6.08 Å². The average molecular weight is 398 g/mol. The molecule has 0 aliphatic carbocycles. The Morgan fingerprint density at radius 1 is 0.958 bits per heavy atom. The third kappa shape index (κ3) is 15.4. The van der Waals surface area contributed by atoms with Crippen LogP contribution in [-0.4, -0.2) is 16.4 Å². The molecule has 0 bridgehead atoms. The summed E-state index contributed by atoms with van der Waals surface area (Å²) in [5, 5.41) is 0. The van der Waals surface area contributed by atoms with Gasteiger partial charge in [-0.3, -0.25) is 4.52 Å². The fourth-order valence-corrected chi connectivity index (χ4v) is 4.13. The van der Waals surface area contributed by atoms with E-state index in [0.29, 0.717) is 0 Å². The SMILES string of the molecule is CC(C)=CCCC(C)=CCCC(C)=CCOP(=O)(O)OP(=O)(O)S. The first kappa shape index (κ1) is 23.9. The van der Waals surface area contributed by atoms with Crippen molar-refractivity contribution in [2.45, 2.75) is 53.4 Å². The van der Waals surface area contributed by atoms with E-state index in [2.05, 4.69) is 54.0 Å². The van der Waals surface area contributed by atoms with Gasteiger partial charge in [0.25, 0.3) is 0 Å². The van der Waals surface area contributed by atoms with Gasteiger partial charge in [0, 0.05) is 0 Å². The van der Waals surface area contributed by atoms with Gasteiger partial charge in [0.05, 0.1) is 6.61 Å². The monoisotopic (exact) mass is 398 g/mol. The number of rotatable bonds is 11. The maximum Gasteiger partial charge on any atom is 0.480 e. The Balaban J connectivity index is 4.18. The molecule has 0 saturated carbocycles. The summed E-state index contributed by atoms with van der Waals surface area (Å²) in [4.78, 5) is 18.0. The second-order valence-electron chi connectivity index (χ2n) is 5.80. The first-order valence-electron chi connectivity index (χ1n) is 7.60. The predicted octanol–water partition coefficient (Wildman–Crippen LogP) is 5.57. The molecule has 2 atom stereocenters. The zero-order valence-electron chi connectivity index (χ0n) is 14.6. The molecule has 0 aromatic heterocycles. The van der Waals surface area contributed by atoms with Gasteiger partial charge >= 0.3 is 14.6 Å². The summed E-state index contributed by atoms with van der Waals surface area (Å²) in [6, 6.07) is 0. The molecule has 0 aliphatic heterocycles. The second kappa shape index (κ2) is 11.5.